The second kappa shape index (κ2) is 13.4. The summed E-state index contributed by atoms with van der Waals surface area (Å²) in [5, 5.41) is 28.8. The van der Waals surface area contributed by atoms with Gasteiger partial charge in [-0.1, -0.05) is 42.5 Å². The van der Waals surface area contributed by atoms with Crippen molar-refractivity contribution in [2.24, 2.45) is 0 Å². The SMILES string of the molecule is O=C(O)C(F)(F)F.O=C(O)c1c2c(nn1CCCNCCc1ccc(-c3csc4ccccc34)cc1)-c1ccncc1CC2. The Morgan fingerprint density at radius 2 is 1.73 bits per heavy atom. The first-order valence-electron chi connectivity index (χ1n) is 14.0. The molecule has 2 aromatic carbocycles. The zero-order chi connectivity index (χ0) is 31.3. The number of aromatic nitrogens is 3. The number of pyridine rings is 1. The topological polar surface area (TPSA) is 117 Å². The summed E-state index contributed by atoms with van der Waals surface area (Å²) in [6.07, 6.45) is 1.78. The molecule has 8 nitrogen and oxygen atoms in total. The molecule has 0 spiro atoms. The fourth-order valence-corrected chi connectivity index (χ4v) is 6.20. The number of nitrogens with zero attached hydrogens (tertiary/aromatic N) is 3. The highest BCUT2D eigenvalue weighted by molar-refractivity contribution is 7.17. The number of hydrogen-bond donors (Lipinski definition) is 3. The second-order valence-corrected chi connectivity index (χ2v) is 11.1. The van der Waals surface area contributed by atoms with E-state index in [9.17, 15) is 23.1 Å². The first-order chi connectivity index (χ1) is 21.1. The van der Waals surface area contributed by atoms with Gasteiger partial charge in [0, 0.05) is 45.7 Å². The molecule has 0 saturated carbocycles. The first-order valence-corrected chi connectivity index (χ1v) is 14.8. The molecule has 0 radical (unpaired) electrons. The lowest BCUT2D eigenvalue weighted by Crippen LogP contribution is -2.21. The zero-order valence-electron chi connectivity index (χ0n) is 23.5. The maximum absolute atomic E-state index is 12.0. The molecule has 1 aliphatic rings. The number of benzene rings is 2. The lowest BCUT2D eigenvalue weighted by atomic mass is 9.90. The Kier molecular flexibility index (Phi) is 9.40. The Hall–Kier alpha value is -4.55. The van der Waals surface area contributed by atoms with Crippen molar-refractivity contribution in [3.8, 4) is 22.4 Å². The summed E-state index contributed by atoms with van der Waals surface area (Å²) < 4.78 is 34.7. The average Bonchev–Trinajstić information content (AvgIpc) is 3.61. The summed E-state index contributed by atoms with van der Waals surface area (Å²) in [7, 11) is 0. The minimum Gasteiger partial charge on any atom is -0.477 e. The third kappa shape index (κ3) is 6.98. The number of aryl methyl sites for hydroxylation is 2. The van der Waals surface area contributed by atoms with Crippen LogP contribution in [0.1, 0.15) is 33.6 Å². The fraction of sp³-hybridized carbons (Fsp3) is 0.250. The van der Waals surface area contributed by atoms with Gasteiger partial charge < -0.3 is 15.5 Å². The van der Waals surface area contributed by atoms with Gasteiger partial charge in [0.25, 0.3) is 0 Å². The standard InChI is InChI=1S/C30H28N4O2S.C2HF3O2/c35-30(36)29-25-11-10-22-18-32-16-13-23(22)28(25)33-34(29)17-3-14-31-15-12-20-6-8-21(9-7-20)26-19-37-27-5-2-1-4-24(26)27;3-2(4,5)1(6)7/h1-2,4-9,13,16,18-19,31H,3,10-12,14-15,17H2,(H,35,36);(H,6,7). The summed E-state index contributed by atoms with van der Waals surface area (Å²) in [6, 6.07) is 19.3. The number of carboxylic acid groups (broad SMARTS) is 2. The highest BCUT2D eigenvalue weighted by Crippen LogP contribution is 2.35. The van der Waals surface area contributed by atoms with E-state index in [-0.39, 0.29) is 0 Å². The van der Waals surface area contributed by atoms with Gasteiger partial charge in [-0.05, 0) is 73.0 Å². The number of alkyl halides is 3. The summed E-state index contributed by atoms with van der Waals surface area (Å²) in [6.45, 7) is 2.26. The van der Waals surface area contributed by atoms with Crippen LogP contribution in [0.15, 0.2) is 72.4 Å². The average molecular weight is 623 g/mol. The predicted molar refractivity (Wildman–Crippen MR) is 162 cm³/mol. The van der Waals surface area contributed by atoms with E-state index < -0.39 is 18.1 Å². The molecule has 0 aliphatic heterocycles. The third-order valence-electron chi connectivity index (χ3n) is 7.36. The molecule has 0 unspecified atom stereocenters. The number of rotatable bonds is 9. The van der Waals surface area contributed by atoms with Gasteiger partial charge in [0.1, 0.15) is 5.69 Å². The molecule has 3 heterocycles. The van der Waals surface area contributed by atoms with Crippen molar-refractivity contribution < 1.29 is 33.0 Å². The summed E-state index contributed by atoms with van der Waals surface area (Å²) >= 11 is 1.79. The van der Waals surface area contributed by atoms with E-state index in [1.165, 1.54) is 26.8 Å². The van der Waals surface area contributed by atoms with Gasteiger partial charge in [0.05, 0.1) is 5.69 Å². The Morgan fingerprint density at radius 1 is 0.977 bits per heavy atom. The molecule has 0 fully saturated rings. The van der Waals surface area contributed by atoms with Crippen LogP contribution in [0.5, 0.6) is 0 Å². The van der Waals surface area contributed by atoms with Gasteiger partial charge in [-0.15, -0.1) is 11.3 Å². The third-order valence-corrected chi connectivity index (χ3v) is 8.32. The Balaban J connectivity index is 0.000000493. The highest BCUT2D eigenvalue weighted by Gasteiger charge is 2.38. The number of nitrogens with one attached hydrogen (secondary N) is 1. The number of hydrogen-bond acceptors (Lipinski definition) is 6. The van der Waals surface area contributed by atoms with E-state index in [0.717, 1.165) is 54.7 Å². The number of aliphatic carboxylic acids is 1. The smallest absolute Gasteiger partial charge is 0.477 e. The summed E-state index contributed by atoms with van der Waals surface area (Å²) in [4.78, 5) is 25.1. The minimum atomic E-state index is -5.08. The number of carboxylic acids is 2. The number of fused-ring (bicyclic) bond motifs is 4. The van der Waals surface area contributed by atoms with Crippen molar-refractivity contribution in [3.63, 3.8) is 0 Å². The molecule has 12 heteroatoms. The molecule has 44 heavy (non-hydrogen) atoms. The number of aromatic carboxylic acids is 1. The molecule has 0 atom stereocenters. The maximum Gasteiger partial charge on any atom is 0.490 e. The molecule has 6 rings (SSSR count). The lowest BCUT2D eigenvalue weighted by Gasteiger charge is -2.14. The molecule has 1 aliphatic carbocycles. The van der Waals surface area contributed by atoms with E-state index in [0.29, 0.717) is 18.7 Å². The lowest BCUT2D eigenvalue weighted by molar-refractivity contribution is -0.192. The van der Waals surface area contributed by atoms with Crippen LogP contribution in [0, 0.1) is 0 Å². The van der Waals surface area contributed by atoms with Crippen LogP contribution in [0.2, 0.25) is 0 Å². The van der Waals surface area contributed by atoms with Gasteiger partial charge >= 0.3 is 18.1 Å². The zero-order valence-corrected chi connectivity index (χ0v) is 24.3. The van der Waals surface area contributed by atoms with Gasteiger partial charge in [0.15, 0.2) is 0 Å². The van der Waals surface area contributed by atoms with Crippen molar-refractivity contribution in [2.75, 3.05) is 13.1 Å². The van der Waals surface area contributed by atoms with Crippen LogP contribution in [0.3, 0.4) is 0 Å². The van der Waals surface area contributed by atoms with E-state index in [1.54, 1.807) is 22.2 Å². The highest BCUT2D eigenvalue weighted by atomic mass is 32.1. The van der Waals surface area contributed by atoms with Crippen molar-refractivity contribution in [3.05, 3.63) is 94.8 Å². The van der Waals surface area contributed by atoms with Gasteiger partial charge in [-0.25, -0.2) is 9.59 Å². The maximum atomic E-state index is 12.0. The molecule has 0 bridgehead atoms. The number of carbonyl (C=O) groups is 2. The van der Waals surface area contributed by atoms with Crippen LogP contribution < -0.4 is 5.32 Å². The van der Waals surface area contributed by atoms with Gasteiger partial charge in [-0.3, -0.25) is 9.67 Å². The monoisotopic (exact) mass is 622 g/mol. The normalized spacial score (nSPS) is 12.2. The molecular weight excluding hydrogens is 593 g/mol. The van der Waals surface area contributed by atoms with E-state index in [4.69, 9.17) is 15.0 Å². The van der Waals surface area contributed by atoms with Crippen LogP contribution in [0.25, 0.3) is 32.5 Å². The largest absolute Gasteiger partial charge is 0.490 e. The number of halogens is 3. The van der Waals surface area contributed by atoms with E-state index >= 15 is 0 Å². The van der Waals surface area contributed by atoms with Gasteiger partial charge in [-0.2, -0.15) is 18.3 Å². The first kappa shape index (κ1) is 30.9. The van der Waals surface area contributed by atoms with E-state index in [1.807, 2.05) is 12.3 Å². The minimum absolute atomic E-state index is 0.330. The summed E-state index contributed by atoms with van der Waals surface area (Å²) in [5.74, 6) is -3.66. The second-order valence-electron chi connectivity index (χ2n) is 10.2. The van der Waals surface area contributed by atoms with Crippen LogP contribution in [0.4, 0.5) is 13.2 Å². The molecule has 0 saturated heterocycles. The van der Waals surface area contributed by atoms with Crippen LogP contribution in [-0.4, -0.2) is 56.2 Å². The Labute approximate surface area is 254 Å². The van der Waals surface area contributed by atoms with E-state index in [2.05, 4.69) is 64.2 Å². The van der Waals surface area contributed by atoms with Crippen molar-refractivity contribution in [1.82, 2.24) is 20.1 Å². The number of thiophene rings is 1. The molecule has 0 amide bonds. The molecule has 5 aromatic rings. The predicted octanol–water partition coefficient (Wildman–Crippen LogP) is 6.48. The molecular formula is C32H29F3N4O4S. The quantitative estimate of drug-likeness (QED) is 0.161. The Morgan fingerprint density at radius 3 is 2.45 bits per heavy atom. The fourth-order valence-electron chi connectivity index (χ4n) is 5.23. The molecule has 228 valence electrons. The molecule has 3 N–H and O–H groups in total. The van der Waals surface area contributed by atoms with Crippen molar-refractivity contribution in [2.45, 2.75) is 38.4 Å². The van der Waals surface area contributed by atoms with Crippen molar-refractivity contribution in [1.29, 1.82) is 0 Å². The van der Waals surface area contributed by atoms with Crippen LogP contribution >= 0.6 is 11.3 Å². The summed E-state index contributed by atoms with van der Waals surface area (Å²) in [5.41, 5.74) is 7.97. The van der Waals surface area contributed by atoms with Crippen molar-refractivity contribution >= 4 is 33.4 Å². The Bertz CT molecular complexity index is 1780. The van der Waals surface area contributed by atoms with Crippen LogP contribution in [-0.2, 0) is 30.6 Å². The molecule has 3 aromatic heterocycles. The van der Waals surface area contributed by atoms with Gasteiger partial charge in [0.2, 0.25) is 0 Å².